The maximum atomic E-state index is 13.9. The van der Waals surface area contributed by atoms with Gasteiger partial charge in [-0.15, -0.1) is 11.8 Å². The summed E-state index contributed by atoms with van der Waals surface area (Å²) in [6.45, 7) is 7.61. The van der Waals surface area contributed by atoms with Gasteiger partial charge in [0.05, 0.1) is 5.25 Å². The Bertz CT molecular complexity index is 460. The molecule has 0 fully saturated rings. The number of aliphatic imine (C=N–C) groups is 1. The standard InChI is InChI=1S/C14H23FN4S/c1-9(19-8-10(7-16)13(17)18-4)11-5-6-12(20-11)14(2,3)15/h6-7,11,19H,1,5,8,16H2,2-4H3,(H2,17,18). The first-order valence-electron chi connectivity index (χ1n) is 6.41. The zero-order valence-electron chi connectivity index (χ0n) is 12.2. The Hall–Kier alpha value is -1.43. The highest BCUT2D eigenvalue weighted by Crippen LogP contribution is 2.42. The molecular weight excluding hydrogens is 275 g/mol. The van der Waals surface area contributed by atoms with Crippen LogP contribution >= 0.6 is 11.8 Å². The van der Waals surface area contributed by atoms with Gasteiger partial charge in [0.2, 0.25) is 0 Å². The van der Waals surface area contributed by atoms with Gasteiger partial charge >= 0.3 is 0 Å². The Labute approximate surface area is 124 Å². The van der Waals surface area contributed by atoms with Gasteiger partial charge in [-0.1, -0.05) is 12.7 Å². The molecule has 0 saturated carbocycles. The molecule has 0 aromatic rings. The molecular formula is C14H23FN4S. The molecule has 0 amide bonds. The number of rotatable bonds is 6. The second-order valence-corrected chi connectivity index (χ2v) is 6.31. The fourth-order valence-corrected chi connectivity index (χ4v) is 2.96. The molecule has 4 nitrogen and oxygen atoms in total. The lowest BCUT2D eigenvalue weighted by Gasteiger charge is -2.20. The van der Waals surface area contributed by atoms with Crippen molar-refractivity contribution in [2.24, 2.45) is 16.5 Å². The molecule has 0 spiro atoms. The number of nitrogens with two attached hydrogens (primary N) is 2. The zero-order valence-corrected chi connectivity index (χ0v) is 13.1. The Morgan fingerprint density at radius 2 is 2.35 bits per heavy atom. The van der Waals surface area contributed by atoms with E-state index < -0.39 is 5.67 Å². The topological polar surface area (TPSA) is 76.4 Å². The summed E-state index contributed by atoms with van der Waals surface area (Å²) < 4.78 is 13.9. The van der Waals surface area contributed by atoms with Crippen molar-refractivity contribution < 1.29 is 4.39 Å². The van der Waals surface area contributed by atoms with Crippen molar-refractivity contribution in [3.05, 3.63) is 35.0 Å². The molecule has 1 rings (SSSR count). The molecule has 0 aliphatic carbocycles. The molecule has 1 unspecified atom stereocenters. The van der Waals surface area contributed by atoms with Crippen LogP contribution in [0.25, 0.3) is 0 Å². The lowest BCUT2D eigenvalue weighted by atomic mass is 10.1. The first kappa shape index (κ1) is 16.6. The predicted molar refractivity (Wildman–Crippen MR) is 86.2 cm³/mol. The fourth-order valence-electron chi connectivity index (χ4n) is 1.76. The summed E-state index contributed by atoms with van der Waals surface area (Å²) in [6.07, 6.45) is 4.14. The molecule has 0 radical (unpaired) electrons. The summed E-state index contributed by atoms with van der Waals surface area (Å²) >= 11 is 1.51. The smallest absolute Gasteiger partial charge is 0.135 e. The Kier molecular flexibility index (Phi) is 5.68. The van der Waals surface area contributed by atoms with E-state index in [1.54, 1.807) is 20.9 Å². The van der Waals surface area contributed by atoms with Crippen molar-refractivity contribution in [2.75, 3.05) is 13.6 Å². The molecule has 1 aliphatic heterocycles. The Morgan fingerprint density at radius 3 is 2.80 bits per heavy atom. The average Bonchev–Trinajstić information content (AvgIpc) is 2.88. The van der Waals surface area contributed by atoms with E-state index in [1.165, 1.54) is 18.0 Å². The Balaban J connectivity index is 2.51. The van der Waals surface area contributed by atoms with Crippen molar-refractivity contribution in [3.8, 4) is 0 Å². The van der Waals surface area contributed by atoms with E-state index >= 15 is 0 Å². The number of nitrogens with one attached hydrogen (secondary N) is 1. The minimum absolute atomic E-state index is 0.138. The molecule has 0 aromatic heterocycles. The fraction of sp³-hybridized carbons (Fsp3) is 0.500. The van der Waals surface area contributed by atoms with Crippen molar-refractivity contribution >= 4 is 17.6 Å². The van der Waals surface area contributed by atoms with Crippen LogP contribution < -0.4 is 16.8 Å². The molecule has 6 heteroatoms. The molecule has 0 saturated heterocycles. The third kappa shape index (κ3) is 4.30. The molecule has 112 valence electrons. The van der Waals surface area contributed by atoms with E-state index in [9.17, 15) is 4.39 Å². The van der Waals surface area contributed by atoms with Gasteiger partial charge < -0.3 is 16.8 Å². The Morgan fingerprint density at radius 1 is 1.70 bits per heavy atom. The molecule has 0 aromatic carbocycles. The van der Waals surface area contributed by atoms with Crippen LogP contribution in [0.2, 0.25) is 0 Å². The van der Waals surface area contributed by atoms with E-state index in [0.29, 0.717) is 12.4 Å². The van der Waals surface area contributed by atoms with Crippen molar-refractivity contribution in [1.82, 2.24) is 5.32 Å². The molecule has 0 bridgehead atoms. The number of hydrogen-bond acceptors (Lipinski definition) is 4. The van der Waals surface area contributed by atoms with Gasteiger partial charge in [-0.3, -0.25) is 4.99 Å². The van der Waals surface area contributed by atoms with Gasteiger partial charge in [0, 0.05) is 36.0 Å². The summed E-state index contributed by atoms with van der Waals surface area (Å²) in [5.74, 6) is 0.399. The van der Waals surface area contributed by atoms with E-state index in [-0.39, 0.29) is 5.25 Å². The van der Waals surface area contributed by atoms with Crippen LogP contribution in [-0.4, -0.2) is 30.3 Å². The third-order valence-electron chi connectivity index (χ3n) is 3.04. The highest BCUT2D eigenvalue weighted by molar-refractivity contribution is 8.04. The summed E-state index contributed by atoms with van der Waals surface area (Å²) in [5, 5.41) is 3.32. The quantitative estimate of drug-likeness (QED) is 0.518. The summed E-state index contributed by atoms with van der Waals surface area (Å²) in [6, 6.07) is 0. The van der Waals surface area contributed by atoms with Crippen LogP contribution in [0, 0.1) is 0 Å². The van der Waals surface area contributed by atoms with E-state index in [2.05, 4.69) is 16.9 Å². The maximum Gasteiger partial charge on any atom is 0.135 e. The van der Waals surface area contributed by atoms with Crippen LogP contribution in [0.5, 0.6) is 0 Å². The van der Waals surface area contributed by atoms with E-state index in [1.807, 2.05) is 6.08 Å². The van der Waals surface area contributed by atoms with Crippen LogP contribution in [-0.2, 0) is 0 Å². The van der Waals surface area contributed by atoms with Crippen LogP contribution in [0.4, 0.5) is 4.39 Å². The SMILES string of the molecule is C=C(NCC(=CN)C(N)=NC)C1CC=C(C(C)(C)F)S1. The van der Waals surface area contributed by atoms with E-state index in [4.69, 9.17) is 11.5 Å². The molecule has 1 atom stereocenters. The minimum Gasteiger partial charge on any atom is -0.404 e. The summed E-state index contributed by atoms with van der Waals surface area (Å²) in [4.78, 5) is 4.65. The van der Waals surface area contributed by atoms with Gasteiger partial charge in [0.25, 0.3) is 0 Å². The number of thioether (sulfide) groups is 1. The first-order chi connectivity index (χ1) is 9.29. The zero-order chi connectivity index (χ0) is 15.3. The van der Waals surface area contributed by atoms with Crippen LogP contribution in [0.3, 0.4) is 0 Å². The molecule has 5 N–H and O–H groups in total. The van der Waals surface area contributed by atoms with Crippen LogP contribution in [0.1, 0.15) is 20.3 Å². The van der Waals surface area contributed by atoms with Gasteiger partial charge in [-0.2, -0.15) is 0 Å². The highest BCUT2D eigenvalue weighted by atomic mass is 32.2. The van der Waals surface area contributed by atoms with Crippen molar-refractivity contribution in [2.45, 2.75) is 31.2 Å². The average molecular weight is 298 g/mol. The summed E-state index contributed by atoms with van der Waals surface area (Å²) in [5.41, 5.74) is 11.5. The monoisotopic (exact) mass is 298 g/mol. The lowest BCUT2D eigenvalue weighted by molar-refractivity contribution is 0.282. The maximum absolute atomic E-state index is 13.9. The number of amidine groups is 1. The van der Waals surface area contributed by atoms with Crippen molar-refractivity contribution in [3.63, 3.8) is 0 Å². The number of allylic oxidation sites excluding steroid dienone is 2. The largest absolute Gasteiger partial charge is 0.404 e. The second kappa shape index (κ2) is 6.83. The molecule has 1 heterocycles. The molecule has 20 heavy (non-hydrogen) atoms. The predicted octanol–water partition coefficient (Wildman–Crippen LogP) is 2.06. The van der Waals surface area contributed by atoms with Gasteiger partial charge in [-0.05, 0) is 20.3 Å². The van der Waals surface area contributed by atoms with Gasteiger partial charge in [0.15, 0.2) is 0 Å². The first-order valence-corrected chi connectivity index (χ1v) is 7.29. The number of hydrogen-bond donors (Lipinski definition) is 3. The number of alkyl halides is 1. The number of halogens is 1. The number of nitrogens with zero attached hydrogens (tertiary/aromatic N) is 1. The second-order valence-electron chi connectivity index (χ2n) is 5.06. The van der Waals surface area contributed by atoms with E-state index in [0.717, 1.165) is 22.6 Å². The normalized spacial score (nSPS) is 20.8. The third-order valence-corrected chi connectivity index (χ3v) is 4.71. The van der Waals surface area contributed by atoms with Gasteiger partial charge in [-0.25, -0.2) is 4.39 Å². The van der Waals surface area contributed by atoms with Crippen molar-refractivity contribution in [1.29, 1.82) is 0 Å². The van der Waals surface area contributed by atoms with Crippen LogP contribution in [0.15, 0.2) is 40.0 Å². The molecule has 1 aliphatic rings. The summed E-state index contributed by atoms with van der Waals surface area (Å²) in [7, 11) is 1.61. The minimum atomic E-state index is -1.29. The van der Waals surface area contributed by atoms with Gasteiger partial charge in [0.1, 0.15) is 11.5 Å². The highest BCUT2D eigenvalue weighted by Gasteiger charge is 2.30. The lowest BCUT2D eigenvalue weighted by Crippen LogP contribution is -2.28.